The van der Waals surface area contributed by atoms with Crippen LogP contribution in [0.1, 0.15) is 20.8 Å². The molecule has 0 radical (unpaired) electrons. The summed E-state index contributed by atoms with van der Waals surface area (Å²) in [5.41, 5.74) is 0.676. The summed E-state index contributed by atoms with van der Waals surface area (Å²) in [7, 11) is 0. The van der Waals surface area contributed by atoms with E-state index in [0.29, 0.717) is 18.0 Å². The van der Waals surface area contributed by atoms with Crippen molar-refractivity contribution in [3.63, 3.8) is 0 Å². The van der Waals surface area contributed by atoms with Gasteiger partial charge in [-0.2, -0.15) is 0 Å². The predicted molar refractivity (Wildman–Crippen MR) is 111 cm³/mol. The molecule has 7 nitrogen and oxygen atoms in total. The number of aromatic nitrogens is 2. The SMILES string of the molecule is CCOc1ccccc1NC(=O)CSc1cc(N2CC(C)OC(C)C2)ncn1. The van der Waals surface area contributed by atoms with Crippen molar-refractivity contribution in [2.75, 3.05) is 35.7 Å². The number of benzene rings is 1. The topological polar surface area (TPSA) is 76.6 Å². The minimum atomic E-state index is -0.106. The van der Waals surface area contributed by atoms with E-state index in [1.807, 2.05) is 37.3 Å². The van der Waals surface area contributed by atoms with Crippen molar-refractivity contribution in [3.8, 4) is 5.75 Å². The van der Waals surface area contributed by atoms with Crippen LogP contribution in [0.15, 0.2) is 41.7 Å². The van der Waals surface area contributed by atoms with Crippen LogP contribution in [0.5, 0.6) is 5.75 Å². The summed E-state index contributed by atoms with van der Waals surface area (Å²) in [5.74, 6) is 1.68. The van der Waals surface area contributed by atoms with Gasteiger partial charge in [0.25, 0.3) is 0 Å². The molecule has 1 aliphatic rings. The molecule has 1 aromatic carbocycles. The zero-order valence-electron chi connectivity index (χ0n) is 16.4. The molecule has 1 fully saturated rings. The van der Waals surface area contributed by atoms with E-state index in [1.54, 1.807) is 6.33 Å². The van der Waals surface area contributed by atoms with Gasteiger partial charge < -0.3 is 19.7 Å². The van der Waals surface area contributed by atoms with Gasteiger partial charge in [-0.1, -0.05) is 23.9 Å². The van der Waals surface area contributed by atoms with Crippen LogP contribution in [0.4, 0.5) is 11.5 Å². The number of amides is 1. The summed E-state index contributed by atoms with van der Waals surface area (Å²) >= 11 is 1.38. The summed E-state index contributed by atoms with van der Waals surface area (Å²) < 4.78 is 11.3. The Kier molecular flexibility index (Phi) is 7.11. The molecule has 1 aromatic heterocycles. The number of anilines is 2. The molecule has 1 N–H and O–H groups in total. The Labute approximate surface area is 169 Å². The van der Waals surface area contributed by atoms with Crippen LogP contribution >= 0.6 is 11.8 Å². The Bertz CT molecular complexity index is 795. The summed E-state index contributed by atoms with van der Waals surface area (Å²) in [5, 5.41) is 3.67. The molecule has 2 atom stereocenters. The van der Waals surface area contributed by atoms with Crippen molar-refractivity contribution < 1.29 is 14.3 Å². The molecule has 2 aromatic rings. The molecule has 0 spiro atoms. The van der Waals surface area contributed by atoms with E-state index < -0.39 is 0 Å². The van der Waals surface area contributed by atoms with Crippen LogP contribution < -0.4 is 15.0 Å². The van der Waals surface area contributed by atoms with E-state index in [2.05, 4.69) is 34.0 Å². The lowest BCUT2D eigenvalue weighted by Gasteiger charge is -2.36. The minimum absolute atomic E-state index is 0.106. The van der Waals surface area contributed by atoms with Gasteiger partial charge in [-0.25, -0.2) is 9.97 Å². The molecule has 0 bridgehead atoms. The lowest BCUT2D eigenvalue weighted by atomic mass is 10.2. The Morgan fingerprint density at radius 3 is 2.79 bits per heavy atom. The van der Waals surface area contributed by atoms with Crippen molar-refractivity contribution in [2.45, 2.75) is 38.0 Å². The first-order chi connectivity index (χ1) is 13.5. The van der Waals surface area contributed by atoms with Crippen molar-refractivity contribution in [1.82, 2.24) is 9.97 Å². The van der Waals surface area contributed by atoms with E-state index in [4.69, 9.17) is 9.47 Å². The zero-order chi connectivity index (χ0) is 19.9. The molecule has 0 aliphatic carbocycles. The average Bonchev–Trinajstić information content (AvgIpc) is 2.68. The summed E-state index contributed by atoms with van der Waals surface area (Å²) in [6, 6.07) is 9.35. The zero-order valence-corrected chi connectivity index (χ0v) is 17.2. The average molecular weight is 403 g/mol. The number of rotatable bonds is 7. The standard InChI is InChI=1S/C20H26N4O3S/c1-4-26-17-8-6-5-7-16(17)23-19(25)12-28-20-9-18(21-13-22-20)24-10-14(2)27-15(3)11-24/h5-9,13-15H,4,10-12H2,1-3H3,(H,23,25). The molecular weight excluding hydrogens is 376 g/mol. The van der Waals surface area contributed by atoms with Gasteiger partial charge in [-0.05, 0) is 32.9 Å². The van der Waals surface area contributed by atoms with Gasteiger partial charge in [0, 0.05) is 19.2 Å². The maximum Gasteiger partial charge on any atom is 0.234 e. The van der Waals surface area contributed by atoms with Crippen molar-refractivity contribution in [3.05, 3.63) is 36.7 Å². The highest BCUT2D eigenvalue weighted by Crippen LogP contribution is 2.25. The lowest BCUT2D eigenvalue weighted by Crippen LogP contribution is -2.45. The number of ether oxygens (including phenoxy) is 2. The number of para-hydroxylation sites is 2. The number of morpholine rings is 1. The molecule has 28 heavy (non-hydrogen) atoms. The first kappa shape index (κ1) is 20.4. The molecule has 1 amide bonds. The molecule has 0 saturated carbocycles. The van der Waals surface area contributed by atoms with E-state index in [1.165, 1.54) is 11.8 Å². The van der Waals surface area contributed by atoms with Crippen LogP contribution in [0.25, 0.3) is 0 Å². The normalized spacial score (nSPS) is 19.3. The number of carbonyl (C=O) groups excluding carboxylic acids is 1. The molecule has 150 valence electrons. The first-order valence-electron chi connectivity index (χ1n) is 9.42. The van der Waals surface area contributed by atoms with E-state index in [9.17, 15) is 4.79 Å². The van der Waals surface area contributed by atoms with Gasteiger partial charge >= 0.3 is 0 Å². The summed E-state index contributed by atoms with van der Waals surface area (Å²) in [6.45, 7) is 8.16. The third kappa shape index (κ3) is 5.59. The fraction of sp³-hybridized carbons (Fsp3) is 0.450. The first-order valence-corrected chi connectivity index (χ1v) is 10.4. The van der Waals surface area contributed by atoms with Crippen LogP contribution in [0.3, 0.4) is 0 Å². The molecule has 1 saturated heterocycles. The van der Waals surface area contributed by atoms with E-state index in [0.717, 1.165) is 23.9 Å². The fourth-order valence-corrected chi connectivity index (χ4v) is 3.79. The number of nitrogens with zero attached hydrogens (tertiary/aromatic N) is 3. The summed E-state index contributed by atoms with van der Waals surface area (Å²) in [6.07, 6.45) is 1.86. The third-order valence-corrected chi connectivity index (χ3v) is 5.11. The third-order valence-electron chi connectivity index (χ3n) is 4.18. The summed E-state index contributed by atoms with van der Waals surface area (Å²) in [4.78, 5) is 23.2. The quantitative estimate of drug-likeness (QED) is 0.563. The van der Waals surface area contributed by atoms with Gasteiger partial charge in [0.1, 0.15) is 22.9 Å². The second-order valence-corrected chi connectivity index (χ2v) is 7.64. The maximum absolute atomic E-state index is 12.4. The van der Waals surface area contributed by atoms with Crippen molar-refractivity contribution >= 4 is 29.2 Å². The molecular formula is C20H26N4O3S. The van der Waals surface area contributed by atoms with Crippen molar-refractivity contribution in [1.29, 1.82) is 0 Å². The smallest absolute Gasteiger partial charge is 0.234 e. The molecule has 2 unspecified atom stereocenters. The van der Waals surface area contributed by atoms with Gasteiger partial charge in [0.2, 0.25) is 5.91 Å². The minimum Gasteiger partial charge on any atom is -0.492 e. The van der Waals surface area contributed by atoms with Gasteiger partial charge in [0.05, 0.1) is 30.3 Å². The number of nitrogens with one attached hydrogen (secondary N) is 1. The molecule has 3 rings (SSSR count). The highest BCUT2D eigenvalue weighted by atomic mass is 32.2. The van der Waals surface area contributed by atoms with Gasteiger partial charge in [0.15, 0.2) is 0 Å². The molecule has 1 aliphatic heterocycles. The molecule has 2 heterocycles. The number of carbonyl (C=O) groups is 1. The lowest BCUT2D eigenvalue weighted by molar-refractivity contribution is -0.113. The van der Waals surface area contributed by atoms with E-state index in [-0.39, 0.29) is 23.9 Å². The number of hydrogen-bond donors (Lipinski definition) is 1. The van der Waals surface area contributed by atoms with Gasteiger partial charge in [-0.15, -0.1) is 0 Å². The van der Waals surface area contributed by atoms with Crippen LogP contribution in [-0.4, -0.2) is 53.5 Å². The van der Waals surface area contributed by atoms with Crippen molar-refractivity contribution in [2.24, 2.45) is 0 Å². The number of thioether (sulfide) groups is 1. The van der Waals surface area contributed by atoms with Crippen LogP contribution in [0.2, 0.25) is 0 Å². The monoisotopic (exact) mass is 402 g/mol. The predicted octanol–water partition coefficient (Wildman–Crippen LogP) is 3.22. The second-order valence-electron chi connectivity index (χ2n) is 6.64. The highest BCUT2D eigenvalue weighted by Gasteiger charge is 2.23. The Hall–Kier alpha value is -2.32. The van der Waals surface area contributed by atoms with Gasteiger partial charge in [-0.3, -0.25) is 4.79 Å². The highest BCUT2D eigenvalue weighted by molar-refractivity contribution is 7.99. The Morgan fingerprint density at radius 1 is 1.29 bits per heavy atom. The number of hydrogen-bond acceptors (Lipinski definition) is 7. The maximum atomic E-state index is 12.4. The largest absolute Gasteiger partial charge is 0.492 e. The van der Waals surface area contributed by atoms with E-state index >= 15 is 0 Å². The fourth-order valence-electron chi connectivity index (χ4n) is 3.12. The Morgan fingerprint density at radius 2 is 2.04 bits per heavy atom. The van der Waals surface area contributed by atoms with Crippen LogP contribution in [0, 0.1) is 0 Å². The molecule has 8 heteroatoms. The van der Waals surface area contributed by atoms with Crippen LogP contribution in [-0.2, 0) is 9.53 Å². The second kappa shape index (κ2) is 9.75. The Balaban J connectivity index is 1.58.